The molecule has 2 heterocycles. The van der Waals surface area contributed by atoms with Gasteiger partial charge in [-0.1, -0.05) is 33.8 Å². The summed E-state index contributed by atoms with van der Waals surface area (Å²) in [4.78, 5) is 31.8. The van der Waals surface area contributed by atoms with Gasteiger partial charge in [0, 0.05) is 40.6 Å². The van der Waals surface area contributed by atoms with Crippen molar-refractivity contribution in [3.63, 3.8) is 0 Å². The number of alkyl carbamates (subject to hydrolysis) is 1. The molecule has 198 valence electrons. The number of carbonyl (C=O) groups is 2. The van der Waals surface area contributed by atoms with Gasteiger partial charge in [0.15, 0.2) is 0 Å². The van der Waals surface area contributed by atoms with Crippen molar-refractivity contribution in [3.05, 3.63) is 39.8 Å². The van der Waals surface area contributed by atoms with Crippen LogP contribution in [0.15, 0.2) is 23.6 Å². The molecule has 1 atom stereocenters. The van der Waals surface area contributed by atoms with Crippen molar-refractivity contribution in [2.24, 2.45) is 5.41 Å². The van der Waals surface area contributed by atoms with Crippen molar-refractivity contribution in [2.45, 2.75) is 79.9 Å². The number of fused-ring (bicyclic) bond motifs is 1. The molecule has 36 heavy (non-hydrogen) atoms. The molecule has 0 saturated heterocycles. The molecule has 0 spiro atoms. The maximum atomic E-state index is 12.0. The van der Waals surface area contributed by atoms with Gasteiger partial charge in [0.1, 0.15) is 11.6 Å². The van der Waals surface area contributed by atoms with Gasteiger partial charge >= 0.3 is 12.1 Å². The molecule has 0 saturated carbocycles. The number of amides is 1. The molecular formula is C27H39N3O5S. The number of aliphatic hydroxyl groups is 1. The average Bonchev–Trinajstić information content (AvgIpc) is 3.37. The molecule has 9 heteroatoms. The summed E-state index contributed by atoms with van der Waals surface area (Å²) in [5, 5.41) is 25.3. The van der Waals surface area contributed by atoms with Gasteiger partial charge in [-0.15, -0.1) is 11.3 Å². The molecule has 1 aromatic carbocycles. The van der Waals surface area contributed by atoms with E-state index in [0.29, 0.717) is 5.01 Å². The molecule has 0 fully saturated rings. The fourth-order valence-corrected chi connectivity index (χ4v) is 4.52. The molecule has 1 unspecified atom stereocenters. The van der Waals surface area contributed by atoms with Gasteiger partial charge in [0.05, 0.1) is 10.7 Å². The zero-order chi connectivity index (χ0) is 27.3. The summed E-state index contributed by atoms with van der Waals surface area (Å²) in [6, 6.07) is 4.92. The number of thiazole rings is 1. The number of aromatic amines is 1. The number of carboxylic acids is 1. The van der Waals surface area contributed by atoms with Crippen molar-refractivity contribution in [1.29, 1.82) is 0 Å². The third-order valence-electron chi connectivity index (χ3n) is 5.42. The molecule has 0 bridgehead atoms. The number of nitrogens with zero attached hydrogens (tertiary/aromatic N) is 1. The summed E-state index contributed by atoms with van der Waals surface area (Å²) in [5.74, 6) is -1.15. The lowest BCUT2D eigenvalue weighted by atomic mass is 9.85. The van der Waals surface area contributed by atoms with E-state index in [2.05, 4.69) is 21.4 Å². The molecule has 3 rings (SSSR count). The van der Waals surface area contributed by atoms with Crippen LogP contribution in [0.3, 0.4) is 0 Å². The van der Waals surface area contributed by atoms with Crippen LogP contribution in [-0.4, -0.2) is 50.5 Å². The average molecular weight is 518 g/mol. The zero-order valence-corrected chi connectivity index (χ0v) is 23.3. The fraction of sp³-hybridized carbons (Fsp3) is 0.519. The van der Waals surface area contributed by atoms with Crippen molar-refractivity contribution in [1.82, 2.24) is 15.3 Å². The van der Waals surface area contributed by atoms with E-state index in [9.17, 15) is 19.8 Å². The highest BCUT2D eigenvalue weighted by atomic mass is 32.1. The second-order valence-electron chi connectivity index (χ2n) is 10.4. The molecule has 1 amide bonds. The Hall–Kier alpha value is -2.91. The van der Waals surface area contributed by atoms with Crippen LogP contribution < -0.4 is 5.32 Å². The van der Waals surface area contributed by atoms with Gasteiger partial charge in [-0.2, -0.15) is 0 Å². The number of ether oxygens (including phenoxy) is 1. The van der Waals surface area contributed by atoms with E-state index in [1.165, 1.54) is 16.9 Å². The first-order chi connectivity index (χ1) is 16.8. The Kier molecular flexibility index (Phi) is 9.68. The van der Waals surface area contributed by atoms with E-state index in [-0.39, 0.29) is 18.4 Å². The van der Waals surface area contributed by atoms with E-state index in [0.717, 1.165) is 34.3 Å². The normalized spacial score (nSPS) is 12.6. The molecule has 0 aliphatic carbocycles. The Morgan fingerprint density at radius 2 is 1.86 bits per heavy atom. The molecule has 3 aromatic rings. The van der Waals surface area contributed by atoms with Crippen LogP contribution in [0.4, 0.5) is 4.79 Å². The van der Waals surface area contributed by atoms with Crippen LogP contribution >= 0.6 is 11.3 Å². The van der Waals surface area contributed by atoms with Gasteiger partial charge in [0.2, 0.25) is 0 Å². The van der Waals surface area contributed by atoms with E-state index in [1.54, 1.807) is 20.8 Å². The minimum atomic E-state index is -1.15. The van der Waals surface area contributed by atoms with Crippen molar-refractivity contribution in [2.75, 3.05) is 6.61 Å². The summed E-state index contributed by atoms with van der Waals surface area (Å²) in [7, 11) is 0. The van der Waals surface area contributed by atoms with Crippen molar-refractivity contribution < 1.29 is 24.5 Å². The number of rotatable bonds is 8. The SMILES string of the molecule is CC.Cc1[nH]c2ccc(-c3csc(CC(NC(=O)OC(C)(C)C)C(=O)O)n3)cc2c1CC(C)(C)CO. The monoisotopic (exact) mass is 517 g/mol. The van der Waals surface area contributed by atoms with Crippen LogP contribution in [0.1, 0.15) is 64.7 Å². The number of H-pyrrole nitrogens is 1. The molecule has 8 nitrogen and oxygen atoms in total. The third-order valence-corrected chi connectivity index (χ3v) is 6.29. The second-order valence-corrected chi connectivity index (χ2v) is 11.3. The Morgan fingerprint density at radius 1 is 1.19 bits per heavy atom. The first-order valence-electron chi connectivity index (χ1n) is 12.2. The third kappa shape index (κ3) is 7.80. The van der Waals surface area contributed by atoms with Crippen LogP contribution in [-0.2, 0) is 22.4 Å². The Balaban J connectivity index is 0.00000222. The fourth-order valence-electron chi connectivity index (χ4n) is 3.67. The maximum Gasteiger partial charge on any atom is 0.408 e. The van der Waals surface area contributed by atoms with Crippen LogP contribution in [0.5, 0.6) is 0 Å². The van der Waals surface area contributed by atoms with Crippen LogP contribution in [0.2, 0.25) is 0 Å². The number of aromatic nitrogens is 2. The number of aliphatic carboxylic acids is 1. The topological polar surface area (TPSA) is 125 Å². The highest BCUT2D eigenvalue weighted by Crippen LogP contribution is 2.33. The van der Waals surface area contributed by atoms with E-state index >= 15 is 0 Å². The van der Waals surface area contributed by atoms with Gasteiger partial charge in [-0.25, -0.2) is 14.6 Å². The number of hydrogen-bond acceptors (Lipinski definition) is 6. The highest BCUT2D eigenvalue weighted by molar-refractivity contribution is 7.10. The first kappa shape index (κ1) is 29.3. The predicted molar refractivity (Wildman–Crippen MR) is 145 cm³/mol. The second kappa shape index (κ2) is 11.9. The summed E-state index contributed by atoms with van der Waals surface area (Å²) < 4.78 is 5.18. The number of carboxylic acid groups (broad SMARTS) is 1. The molecular weight excluding hydrogens is 478 g/mol. The summed E-state index contributed by atoms with van der Waals surface area (Å²) in [6.07, 6.45) is 0.0154. The van der Waals surface area contributed by atoms with Gasteiger partial charge in [0.25, 0.3) is 0 Å². The first-order valence-corrected chi connectivity index (χ1v) is 13.0. The minimum absolute atomic E-state index is 0.0562. The van der Waals surface area contributed by atoms with E-state index in [1.807, 2.05) is 52.1 Å². The van der Waals surface area contributed by atoms with Crippen LogP contribution in [0.25, 0.3) is 22.2 Å². The molecule has 0 aliphatic rings. The molecule has 4 N–H and O–H groups in total. The highest BCUT2D eigenvalue weighted by Gasteiger charge is 2.26. The van der Waals surface area contributed by atoms with Gasteiger partial charge < -0.3 is 25.3 Å². The standard InChI is InChI=1S/C25H33N3O5S.C2H6/c1-14-17(11-25(5,6)13-29)16-9-15(7-8-18(16)26-14)20-12-34-21(27-20)10-19(22(30)31)28-23(32)33-24(2,3)4;1-2/h7-9,12,19,26,29H,10-11,13H2,1-6H3,(H,28,32)(H,30,31);1-2H3. The predicted octanol–water partition coefficient (Wildman–Crippen LogP) is 5.71. The zero-order valence-electron chi connectivity index (χ0n) is 22.5. The minimum Gasteiger partial charge on any atom is -0.480 e. The Morgan fingerprint density at radius 3 is 2.44 bits per heavy atom. The smallest absolute Gasteiger partial charge is 0.408 e. The summed E-state index contributed by atoms with van der Waals surface area (Å²) in [6.45, 7) is 15.3. The maximum absolute atomic E-state index is 12.0. The van der Waals surface area contributed by atoms with Crippen molar-refractivity contribution in [3.8, 4) is 11.3 Å². The van der Waals surface area contributed by atoms with Gasteiger partial charge in [-0.05, 0) is 57.2 Å². The lowest BCUT2D eigenvalue weighted by Crippen LogP contribution is -2.44. The van der Waals surface area contributed by atoms with E-state index < -0.39 is 23.7 Å². The largest absolute Gasteiger partial charge is 0.480 e. The molecule has 0 radical (unpaired) electrons. The summed E-state index contributed by atoms with van der Waals surface area (Å²) >= 11 is 1.35. The van der Waals surface area contributed by atoms with Crippen molar-refractivity contribution >= 4 is 34.3 Å². The lowest BCUT2D eigenvalue weighted by Gasteiger charge is -2.21. The molecule has 0 aliphatic heterocycles. The van der Waals surface area contributed by atoms with Crippen LogP contribution in [0, 0.1) is 12.3 Å². The van der Waals surface area contributed by atoms with Gasteiger partial charge in [-0.3, -0.25) is 0 Å². The Labute approximate surface area is 217 Å². The van der Waals surface area contributed by atoms with E-state index in [4.69, 9.17) is 4.74 Å². The lowest BCUT2D eigenvalue weighted by molar-refractivity contribution is -0.139. The molecule has 2 aromatic heterocycles. The number of hydrogen-bond donors (Lipinski definition) is 4. The number of aryl methyl sites for hydroxylation is 1. The number of aliphatic hydroxyl groups excluding tert-OH is 1. The summed E-state index contributed by atoms with van der Waals surface area (Å²) in [5.41, 5.74) is 3.97. The number of benzene rings is 1. The number of carbonyl (C=O) groups excluding carboxylic acids is 1. The quantitative estimate of drug-likeness (QED) is 0.303. The Bertz CT molecular complexity index is 1190. The number of nitrogens with one attached hydrogen (secondary N) is 2.